The molecule has 2 aromatic rings. The Morgan fingerprint density at radius 1 is 1.43 bits per heavy atom. The van der Waals surface area contributed by atoms with E-state index in [1.807, 2.05) is 6.92 Å². The summed E-state index contributed by atoms with van der Waals surface area (Å²) in [5.74, 6) is 0.280. The van der Waals surface area contributed by atoms with Crippen LogP contribution in [-0.2, 0) is 4.74 Å². The van der Waals surface area contributed by atoms with Gasteiger partial charge in [-0.25, -0.2) is 15.0 Å². The summed E-state index contributed by atoms with van der Waals surface area (Å²) in [7, 11) is 0. The molecule has 0 radical (unpaired) electrons. The number of nitrogen functional groups attached to an aromatic ring is 1. The van der Waals surface area contributed by atoms with Gasteiger partial charge in [0.05, 0.1) is 23.8 Å². The Hall–Kier alpha value is -1.42. The van der Waals surface area contributed by atoms with Crippen molar-refractivity contribution in [2.75, 3.05) is 5.73 Å². The van der Waals surface area contributed by atoms with E-state index in [0.717, 1.165) is 12.8 Å². The second kappa shape index (κ2) is 6.60. The zero-order chi connectivity index (χ0) is 16.6. The molecule has 5 atom stereocenters. The van der Waals surface area contributed by atoms with Crippen LogP contribution in [0.5, 0.6) is 0 Å². The number of aliphatic hydroxyl groups excluding tert-OH is 2. The van der Waals surface area contributed by atoms with Gasteiger partial charge in [-0.3, -0.25) is 4.57 Å². The van der Waals surface area contributed by atoms with Crippen LogP contribution in [0.3, 0.4) is 0 Å². The van der Waals surface area contributed by atoms with Crippen LogP contribution < -0.4 is 5.73 Å². The first-order valence-electron chi connectivity index (χ1n) is 7.67. The average Bonchev–Trinajstić information content (AvgIpc) is 3.09. The Labute approximate surface area is 139 Å². The van der Waals surface area contributed by atoms with Crippen molar-refractivity contribution in [1.82, 2.24) is 19.5 Å². The van der Waals surface area contributed by atoms with Crippen LogP contribution in [0.1, 0.15) is 32.4 Å². The average molecular weight is 339 g/mol. The summed E-state index contributed by atoms with van der Waals surface area (Å²) >= 11 is 4.46. The van der Waals surface area contributed by atoms with Gasteiger partial charge in [0.2, 0.25) is 0 Å². The molecule has 4 N–H and O–H groups in total. The third-order valence-corrected chi connectivity index (χ3v) is 4.73. The van der Waals surface area contributed by atoms with Crippen molar-refractivity contribution < 1.29 is 14.9 Å². The van der Waals surface area contributed by atoms with Gasteiger partial charge in [0.1, 0.15) is 17.9 Å². The lowest BCUT2D eigenvalue weighted by atomic mass is 10.0. The highest BCUT2D eigenvalue weighted by molar-refractivity contribution is 7.81. The quantitative estimate of drug-likeness (QED) is 0.586. The van der Waals surface area contributed by atoms with Crippen molar-refractivity contribution in [1.29, 1.82) is 0 Å². The molecule has 1 saturated heterocycles. The Bertz CT molecular complexity index is 681. The number of unbranched alkanes of at least 4 members (excludes halogenated alkanes) is 1. The van der Waals surface area contributed by atoms with E-state index < -0.39 is 29.8 Å². The SMILES string of the molecule is CCCCC(O)[C@H]1O[C@@H](n2cnc3c(N)ncnc32)[C@H](S)[C@@H]1O. The van der Waals surface area contributed by atoms with Gasteiger partial charge in [-0.1, -0.05) is 19.8 Å². The first-order valence-corrected chi connectivity index (χ1v) is 8.19. The van der Waals surface area contributed by atoms with Gasteiger partial charge in [0, 0.05) is 0 Å². The molecule has 3 heterocycles. The van der Waals surface area contributed by atoms with Crippen LogP contribution in [0.25, 0.3) is 11.2 Å². The number of anilines is 1. The summed E-state index contributed by atoms with van der Waals surface area (Å²) < 4.78 is 7.55. The zero-order valence-electron chi connectivity index (χ0n) is 12.8. The zero-order valence-corrected chi connectivity index (χ0v) is 13.7. The number of hydrogen-bond acceptors (Lipinski definition) is 8. The first kappa shape index (κ1) is 16.4. The van der Waals surface area contributed by atoms with E-state index in [0.29, 0.717) is 17.6 Å². The molecule has 2 aromatic heterocycles. The second-order valence-electron chi connectivity index (χ2n) is 5.76. The van der Waals surface area contributed by atoms with Gasteiger partial charge in [-0.2, -0.15) is 12.6 Å². The largest absolute Gasteiger partial charge is 0.390 e. The lowest BCUT2D eigenvalue weighted by molar-refractivity contribution is -0.0837. The van der Waals surface area contributed by atoms with E-state index in [4.69, 9.17) is 10.5 Å². The maximum Gasteiger partial charge on any atom is 0.167 e. The van der Waals surface area contributed by atoms with Crippen LogP contribution >= 0.6 is 12.6 Å². The highest BCUT2D eigenvalue weighted by Gasteiger charge is 2.46. The number of ether oxygens (including phenoxy) is 1. The van der Waals surface area contributed by atoms with E-state index in [-0.39, 0.29) is 5.82 Å². The number of nitrogens with two attached hydrogens (primary N) is 1. The Morgan fingerprint density at radius 2 is 2.22 bits per heavy atom. The predicted octanol–water partition coefficient (Wildman–Crippen LogP) is 0.516. The standard InChI is InChI=1S/C14H21N5O3S/c1-2-3-4-7(20)10-9(21)11(23)14(22-10)19-6-18-8-12(15)16-5-17-13(8)19/h5-7,9-11,14,20-21,23H,2-4H2,1H3,(H2,15,16,17)/t7?,9-,10-,11-,14-/m1/s1. The number of aliphatic hydroxyl groups is 2. The number of imidazole rings is 1. The number of aromatic nitrogens is 4. The normalized spacial score (nSPS) is 29.2. The van der Waals surface area contributed by atoms with Gasteiger partial charge in [0.15, 0.2) is 17.7 Å². The topological polar surface area (TPSA) is 119 Å². The number of hydrogen-bond donors (Lipinski definition) is 4. The summed E-state index contributed by atoms with van der Waals surface area (Å²) in [6.07, 6.45) is 2.40. The Morgan fingerprint density at radius 3 is 2.96 bits per heavy atom. The van der Waals surface area contributed by atoms with Crippen LogP contribution in [0.15, 0.2) is 12.7 Å². The third-order valence-electron chi connectivity index (χ3n) is 4.17. The monoisotopic (exact) mass is 339 g/mol. The second-order valence-corrected chi connectivity index (χ2v) is 6.36. The van der Waals surface area contributed by atoms with E-state index >= 15 is 0 Å². The summed E-state index contributed by atoms with van der Waals surface area (Å²) in [5, 5.41) is 20.1. The molecule has 1 unspecified atom stereocenters. The van der Waals surface area contributed by atoms with E-state index in [2.05, 4.69) is 27.6 Å². The van der Waals surface area contributed by atoms with Crippen LogP contribution in [0.4, 0.5) is 5.82 Å². The number of nitrogens with zero attached hydrogens (tertiary/aromatic N) is 4. The van der Waals surface area contributed by atoms with Gasteiger partial charge in [-0.05, 0) is 6.42 Å². The molecule has 0 bridgehead atoms. The maximum absolute atomic E-state index is 10.4. The maximum atomic E-state index is 10.4. The molecule has 0 saturated carbocycles. The third kappa shape index (κ3) is 2.89. The van der Waals surface area contributed by atoms with E-state index in [9.17, 15) is 10.2 Å². The summed E-state index contributed by atoms with van der Waals surface area (Å²) in [6.45, 7) is 2.05. The predicted molar refractivity (Wildman–Crippen MR) is 88.0 cm³/mol. The van der Waals surface area contributed by atoms with E-state index in [1.165, 1.54) is 12.7 Å². The molecule has 0 aromatic carbocycles. The van der Waals surface area contributed by atoms with Crippen molar-refractivity contribution >= 4 is 29.6 Å². The van der Waals surface area contributed by atoms with Crippen LogP contribution in [0, 0.1) is 0 Å². The molecule has 9 heteroatoms. The first-order chi connectivity index (χ1) is 11.0. The highest BCUT2D eigenvalue weighted by Crippen LogP contribution is 2.37. The van der Waals surface area contributed by atoms with Gasteiger partial charge < -0.3 is 20.7 Å². The van der Waals surface area contributed by atoms with Crippen LogP contribution in [-0.4, -0.2) is 53.3 Å². The lowest BCUT2D eigenvalue weighted by Crippen LogP contribution is -2.37. The molecule has 0 aliphatic carbocycles. The molecule has 8 nitrogen and oxygen atoms in total. The van der Waals surface area contributed by atoms with Crippen molar-refractivity contribution in [3.05, 3.63) is 12.7 Å². The lowest BCUT2D eigenvalue weighted by Gasteiger charge is -2.21. The minimum atomic E-state index is -0.883. The van der Waals surface area contributed by atoms with Gasteiger partial charge in [-0.15, -0.1) is 0 Å². The molecular formula is C14H21N5O3S. The highest BCUT2D eigenvalue weighted by atomic mass is 32.1. The minimum absolute atomic E-state index is 0.280. The molecular weight excluding hydrogens is 318 g/mol. The van der Waals surface area contributed by atoms with E-state index in [1.54, 1.807) is 4.57 Å². The van der Waals surface area contributed by atoms with Gasteiger partial charge >= 0.3 is 0 Å². The fourth-order valence-corrected chi connectivity index (χ4v) is 3.25. The molecule has 1 fully saturated rings. The Kier molecular flexibility index (Phi) is 4.72. The fraction of sp³-hybridized carbons (Fsp3) is 0.643. The van der Waals surface area contributed by atoms with Crippen molar-refractivity contribution in [3.63, 3.8) is 0 Å². The smallest absolute Gasteiger partial charge is 0.167 e. The van der Waals surface area contributed by atoms with Crippen molar-refractivity contribution in [3.8, 4) is 0 Å². The number of rotatable bonds is 5. The number of thiol groups is 1. The van der Waals surface area contributed by atoms with Gasteiger partial charge in [0.25, 0.3) is 0 Å². The molecule has 0 amide bonds. The molecule has 126 valence electrons. The van der Waals surface area contributed by atoms with Crippen LogP contribution in [0.2, 0.25) is 0 Å². The summed E-state index contributed by atoms with van der Waals surface area (Å²) in [5.41, 5.74) is 6.77. The van der Waals surface area contributed by atoms with Crippen molar-refractivity contribution in [2.24, 2.45) is 0 Å². The fourth-order valence-electron chi connectivity index (χ4n) is 2.87. The summed E-state index contributed by atoms with van der Waals surface area (Å²) in [6, 6.07) is 0. The minimum Gasteiger partial charge on any atom is -0.390 e. The summed E-state index contributed by atoms with van der Waals surface area (Å²) in [4.78, 5) is 12.3. The molecule has 3 rings (SSSR count). The molecule has 1 aliphatic rings. The molecule has 1 aliphatic heterocycles. The molecule has 23 heavy (non-hydrogen) atoms. The van der Waals surface area contributed by atoms with Crippen molar-refractivity contribution in [2.45, 2.75) is 56.0 Å². The molecule has 0 spiro atoms. The number of fused-ring (bicyclic) bond motifs is 1. The Balaban J connectivity index is 1.86.